The minimum Gasteiger partial charge on any atom is -0.318 e. The van der Waals surface area contributed by atoms with E-state index in [-0.39, 0.29) is 5.69 Å². The number of hydrogen-bond acceptors (Lipinski definition) is 3. The summed E-state index contributed by atoms with van der Waals surface area (Å²) >= 11 is 0. The first-order valence-corrected chi connectivity index (χ1v) is 7.06. The molecule has 2 aromatic carbocycles. The number of fused-ring (bicyclic) bond motifs is 1. The Kier molecular flexibility index (Phi) is 4.14. The number of halogens is 3. The zero-order valence-corrected chi connectivity index (χ0v) is 12.5. The van der Waals surface area contributed by atoms with Crippen molar-refractivity contribution < 1.29 is 22.8 Å². The topological polar surface area (TPSA) is 86.9 Å². The largest absolute Gasteiger partial charge is 0.416 e. The van der Waals surface area contributed by atoms with Gasteiger partial charge in [-0.3, -0.25) is 14.7 Å². The molecule has 0 unspecified atom stereocenters. The second-order valence-corrected chi connectivity index (χ2v) is 5.16. The van der Waals surface area contributed by atoms with E-state index >= 15 is 0 Å². The number of aromatic amines is 1. The van der Waals surface area contributed by atoms with Crippen molar-refractivity contribution in [3.05, 3.63) is 54.2 Å². The van der Waals surface area contributed by atoms with Crippen LogP contribution in [-0.4, -0.2) is 22.0 Å². The average Bonchev–Trinajstić information content (AvgIpc) is 3.02. The van der Waals surface area contributed by atoms with Crippen LogP contribution < -0.4 is 10.6 Å². The molecule has 0 spiro atoms. The Labute approximate surface area is 139 Å². The van der Waals surface area contributed by atoms with Gasteiger partial charge in [0.1, 0.15) is 0 Å². The van der Waals surface area contributed by atoms with Gasteiger partial charge in [-0.2, -0.15) is 18.3 Å². The van der Waals surface area contributed by atoms with Crippen LogP contribution in [-0.2, 0) is 15.8 Å². The van der Waals surface area contributed by atoms with Gasteiger partial charge < -0.3 is 10.6 Å². The highest BCUT2D eigenvalue weighted by Crippen LogP contribution is 2.29. The van der Waals surface area contributed by atoms with Crippen LogP contribution >= 0.6 is 0 Å². The number of carbonyl (C=O) groups is 2. The fourth-order valence-corrected chi connectivity index (χ4v) is 2.13. The number of amides is 2. The molecular weight excluding hydrogens is 337 g/mol. The van der Waals surface area contributed by atoms with Crippen LogP contribution in [0.3, 0.4) is 0 Å². The van der Waals surface area contributed by atoms with Gasteiger partial charge in [0.05, 0.1) is 17.3 Å². The van der Waals surface area contributed by atoms with Crippen LogP contribution in [0.4, 0.5) is 24.5 Å². The Balaban J connectivity index is 1.65. The minimum atomic E-state index is -4.47. The Morgan fingerprint density at radius 1 is 0.920 bits per heavy atom. The second-order valence-electron chi connectivity index (χ2n) is 5.16. The molecule has 128 valence electrons. The van der Waals surface area contributed by atoms with E-state index in [9.17, 15) is 22.8 Å². The summed E-state index contributed by atoms with van der Waals surface area (Å²) in [5.74, 6) is -1.94. The van der Waals surface area contributed by atoms with E-state index in [2.05, 4.69) is 20.8 Å². The Bertz CT molecular complexity index is 932. The first kappa shape index (κ1) is 16.5. The SMILES string of the molecule is O=C(Nc1ccc(C(F)(F)F)cc1)C(=O)Nc1ccc2cn[nH]c2c1. The third kappa shape index (κ3) is 3.77. The van der Waals surface area contributed by atoms with Crippen molar-refractivity contribution in [2.45, 2.75) is 6.18 Å². The molecule has 0 saturated carbocycles. The summed E-state index contributed by atoms with van der Waals surface area (Å²) in [5.41, 5.74) is 0.297. The number of carbonyl (C=O) groups excluding carboxylic acids is 2. The van der Waals surface area contributed by atoms with Crippen LogP contribution in [0.5, 0.6) is 0 Å². The van der Waals surface area contributed by atoms with E-state index in [1.54, 1.807) is 24.4 Å². The van der Waals surface area contributed by atoms with Crippen molar-refractivity contribution in [3.8, 4) is 0 Å². The molecule has 2 amide bonds. The number of rotatable bonds is 2. The summed E-state index contributed by atoms with van der Waals surface area (Å²) in [7, 11) is 0. The molecule has 3 rings (SSSR count). The predicted octanol–water partition coefficient (Wildman–Crippen LogP) is 3.16. The molecule has 0 aliphatic heterocycles. The van der Waals surface area contributed by atoms with Crippen LogP contribution in [0, 0.1) is 0 Å². The van der Waals surface area contributed by atoms with Crippen molar-refractivity contribution in [3.63, 3.8) is 0 Å². The van der Waals surface area contributed by atoms with Gasteiger partial charge in [-0.25, -0.2) is 0 Å². The van der Waals surface area contributed by atoms with Crippen LogP contribution in [0.1, 0.15) is 5.56 Å². The fraction of sp³-hybridized carbons (Fsp3) is 0.0625. The molecule has 6 nitrogen and oxygen atoms in total. The maximum absolute atomic E-state index is 12.5. The lowest BCUT2D eigenvalue weighted by atomic mass is 10.2. The van der Waals surface area contributed by atoms with Gasteiger partial charge in [0.2, 0.25) is 0 Å². The zero-order chi connectivity index (χ0) is 18.0. The number of benzene rings is 2. The molecule has 1 aromatic heterocycles. The highest BCUT2D eigenvalue weighted by molar-refractivity contribution is 6.43. The number of aromatic nitrogens is 2. The molecule has 3 N–H and O–H groups in total. The highest BCUT2D eigenvalue weighted by atomic mass is 19.4. The molecule has 0 aliphatic carbocycles. The molecule has 0 aliphatic rings. The summed E-state index contributed by atoms with van der Waals surface area (Å²) in [6.07, 6.45) is -2.86. The summed E-state index contributed by atoms with van der Waals surface area (Å²) in [4.78, 5) is 23.7. The van der Waals surface area contributed by atoms with Gasteiger partial charge in [0.25, 0.3) is 0 Å². The lowest BCUT2D eigenvalue weighted by molar-refractivity contribution is -0.137. The van der Waals surface area contributed by atoms with Crippen LogP contribution in [0.15, 0.2) is 48.7 Å². The number of nitrogens with zero attached hydrogens (tertiary/aromatic N) is 1. The fourth-order valence-electron chi connectivity index (χ4n) is 2.13. The smallest absolute Gasteiger partial charge is 0.318 e. The molecule has 25 heavy (non-hydrogen) atoms. The standard InChI is InChI=1S/C16H11F3N4O2/c17-16(18,19)10-2-5-11(6-3-10)21-14(24)15(25)22-12-4-1-9-8-20-23-13(9)7-12/h1-8H,(H,20,23)(H,21,24)(H,22,25). The molecule has 0 atom stereocenters. The van der Waals surface area contributed by atoms with Crippen molar-refractivity contribution >= 4 is 34.1 Å². The molecule has 0 saturated heterocycles. The van der Waals surface area contributed by atoms with E-state index in [4.69, 9.17) is 0 Å². The maximum Gasteiger partial charge on any atom is 0.416 e. The highest BCUT2D eigenvalue weighted by Gasteiger charge is 2.30. The normalized spacial score (nSPS) is 11.3. The third-order valence-electron chi connectivity index (χ3n) is 3.38. The number of H-pyrrole nitrogens is 1. The van der Waals surface area contributed by atoms with Crippen molar-refractivity contribution in [1.29, 1.82) is 0 Å². The third-order valence-corrected chi connectivity index (χ3v) is 3.38. The first-order valence-electron chi connectivity index (χ1n) is 7.06. The molecule has 3 aromatic rings. The van der Waals surface area contributed by atoms with Crippen molar-refractivity contribution in [2.24, 2.45) is 0 Å². The lowest BCUT2D eigenvalue weighted by Crippen LogP contribution is -2.29. The second kappa shape index (κ2) is 6.27. The van der Waals surface area contributed by atoms with E-state index in [0.29, 0.717) is 11.2 Å². The number of nitrogens with one attached hydrogen (secondary N) is 3. The molecule has 0 bridgehead atoms. The van der Waals surface area contributed by atoms with E-state index in [1.807, 2.05) is 0 Å². The van der Waals surface area contributed by atoms with Gasteiger partial charge in [0.15, 0.2) is 0 Å². The first-order chi connectivity index (χ1) is 11.8. The molecule has 9 heteroatoms. The van der Waals surface area contributed by atoms with Gasteiger partial charge in [-0.15, -0.1) is 0 Å². The zero-order valence-electron chi connectivity index (χ0n) is 12.5. The number of anilines is 2. The van der Waals surface area contributed by atoms with Gasteiger partial charge in [0, 0.05) is 16.8 Å². The van der Waals surface area contributed by atoms with Gasteiger partial charge >= 0.3 is 18.0 Å². The predicted molar refractivity (Wildman–Crippen MR) is 84.8 cm³/mol. The molecule has 0 fully saturated rings. The molecule has 0 radical (unpaired) electrons. The van der Waals surface area contributed by atoms with E-state index < -0.39 is 23.6 Å². The summed E-state index contributed by atoms with van der Waals surface area (Å²) in [6, 6.07) is 8.70. The average molecular weight is 348 g/mol. The van der Waals surface area contributed by atoms with Crippen LogP contribution in [0.25, 0.3) is 10.9 Å². The monoisotopic (exact) mass is 348 g/mol. The van der Waals surface area contributed by atoms with E-state index in [0.717, 1.165) is 29.7 Å². The van der Waals surface area contributed by atoms with Crippen molar-refractivity contribution in [1.82, 2.24) is 10.2 Å². The van der Waals surface area contributed by atoms with E-state index in [1.165, 1.54) is 0 Å². The van der Waals surface area contributed by atoms with Gasteiger partial charge in [-0.05, 0) is 42.5 Å². The number of hydrogen-bond donors (Lipinski definition) is 3. The summed E-state index contributed by atoms with van der Waals surface area (Å²) in [6.45, 7) is 0. The minimum absolute atomic E-state index is 0.0807. The molecular formula is C16H11F3N4O2. The van der Waals surface area contributed by atoms with Crippen molar-refractivity contribution in [2.75, 3.05) is 10.6 Å². The molecule has 1 heterocycles. The quantitative estimate of drug-likeness (QED) is 0.622. The Hall–Kier alpha value is -3.36. The number of alkyl halides is 3. The van der Waals surface area contributed by atoms with Crippen LogP contribution in [0.2, 0.25) is 0 Å². The maximum atomic E-state index is 12.5. The van der Waals surface area contributed by atoms with Gasteiger partial charge in [-0.1, -0.05) is 0 Å². The summed E-state index contributed by atoms with van der Waals surface area (Å²) in [5, 5.41) is 12.0. The Morgan fingerprint density at radius 3 is 2.16 bits per heavy atom. The summed E-state index contributed by atoms with van der Waals surface area (Å²) < 4.78 is 37.4. The Morgan fingerprint density at radius 2 is 1.52 bits per heavy atom. The lowest BCUT2D eigenvalue weighted by Gasteiger charge is -2.09.